The predicted octanol–water partition coefficient (Wildman–Crippen LogP) is 5.08. The SMILES string of the molecule is CCCc1nc2c(c(=O)[nH]1)CN(Cc1c(-c3ccc(Cl)cc3)[nH]c3ccccc13)CC2. The summed E-state index contributed by atoms with van der Waals surface area (Å²) in [7, 11) is 0. The van der Waals surface area contributed by atoms with Crippen molar-refractivity contribution in [3.05, 3.63) is 86.6 Å². The first-order valence-corrected chi connectivity index (χ1v) is 11.2. The molecule has 0 fully saturated rings. The Morgan fingerprint density at radius 2 is 1.90 bits per heavy atom. The molecule has 0 aliphatic carbocycles. The summed E-state index contributed by atoms with van der Waals surface area (Å²) in [6.07, 6.45) is 2.59. The number of aromatic nitrogens is 3. The average molecular weight is 433 g/mol. The lowest BCUT2D eigenvalue weighted by molar-refractivity contribution is 0.242. The fourth-order valence-corrected chi connectivity index (χ4v) is 4.60. The number of rotatable bonds is 5. The molecule has 158 valence electrons. The molecule has 0 atom stereocenters. The molecule has 5 rings (SSSR count). The smallest absolute Gasteiger partial charge is 0.255 e. The third-order valence-electron chi connectivity index (χ3n) is 6.01. The number of hydrogen-bond donors (Lipinski definition) is 2. The zero-order chi connectivity index (χ0) is 21.4. The Kier molecular flexibility index (Phi) is 5.38. The lowest BCUT2D eigenvalue weighted by atomic mass is 10.0. The Hall–Kier alpha value is -2.89. The topological polar surface area (TPSA) is 64.8 Å². The second-order valence-corrected chi connectivity index (χ2v) is 8.62. The third kappa shape index (κ3) is 3.91. The largest absolute Gasteiger partial charge is 0.354 e. The summed E-state index contributed by atoms with van der Waals surface area (Å²) in [5.74, 6) is 0.807. The van der Waals surface area contributed by atoms with Crippen LogP contribution < -0.4 is 5.56 Å². The van der Waals surface area contributed by atoms with E-state index in [1.54, 1.807) is 0 Å². The second-order valence-electron chi connectivity index (χ2n) is 8.18. The highest BCUT2D eigenvalue weighted by molar-refractivity contribution is 6.30. The number of benzene rings is 2. The van der Waals surface area contributed by atoms with E-state index in [4.69, 9.17) is 16.6 Å². The Morgan fingerprint density at radius 3 is 2.71 bits per heavy atom. The highest BCUT2D eigenvalue weighted by atomic mass is 35.5. The van der Waals surface area contributed by atoms with Gasteiger partial charge in [0.25, 0.3) is 5.56 Å². The molecule has 6 heteroatoms. The van der Waals surface area contributed by atoms with E-state index in [0.717, 1.165) is 71.2 Å². The van der Waals surface area contributed by atoms with Gasteiger partial charge >= 0.3 is 0 Å². The van der Waals surface area contributed by atoms with Crippen molar-refractivity contribution in [2.24, 2.45) is 0 Å². The van der Waals surface area contributed by atoms with Gasteiger partial charge in [-0.25, -0.2) is 4.98 Å². The quantitative estimate of drug-likeness (QED) is 0.462. The third-order valence-corrected chi connectivity index (χ3v) is 6.26. The van der Waals surface area contributed by atoms with Crippen LogP contribution in [0.5, 0.6) is 0 Å². The van der Waals surface area contributed by atoms with E-state index >= 15 is 0 Å². The molecule has 0 saturated carbocycles. The maximum Gasteiger partial charge on any atom is 0.255 e. The van der Waals surface area contributed by atoms with Gasteiger partial charge in [0, 0.05) is 48.4 Å². The van der Waals surface area contributed by atoms with Gasteiger partial charge in [0.05, 0.1) is 17.0 Å². The highest BCUT2D eigenvalue weighted by Crippen LogP contribution is 2.32. The number of fused-ring (bicyclic) bond motifs is 2. The van der Waals surface area contributed by atoms with E-state index in [9.17, 15) is 4.79 Å². The van der Waals surface area contributed by atoms with Crippen molar-refractivity contribution in [1.82, 2.24) is 19.9 Å². The van der Waals surface area contributed by atoms with Crippen LogP contribution in [0.25, 0.3) is 22.2 Å². The number of para-hydroxylation sites is 1. The van der Waals surface area contributed by atoms with E-state index in [2.05, 4.69) is 40.0 Å². The molecule has 0 bridgehead atoms. The molecule has 0 amide bonds. The minimum atomic E-state index is 0.00926. The fraction of sp³-hybridized carbons (Fsp3) is 0.280. The maximum atomic E-state index is 12.7. The van der Waals surface area contributed by atoms with E-state index in [-0.39, 0.29) is 5.56 Å². The number of aromatic amines is 2. The molecule has 0 spiro atoms. The summed E-state index contributed by atoms with van der Waals surface area (Å²) >= 11 is 6.11. The number of hydrogen-bond acceptors (Lipinski definition) is 3. The normalized spacial score (nSPS) is 14.1. The van der Waals surface area contributed by atoms with Gasteiger partial charge in [-0.2, -0.15) is 0 Å². The summed E-state index contributed by atoms with van der Waals surface area (Å²) < 4.78 is 0. The minimum Gasteiger partial charge on any atom is -0.354 e. The zero-order valence-electron chi connectivity index (χ0n) is 17.5. The van der Waals surface area contributed by atoms with Crippen molar-refractivity contribution >= 4 is 22.5 Å². The number of nitrogens with zero attached hydrogens (tertiary/aromatic N) is 2. The molecule has 2 aromatic heterocycles. The molecule has 0 radical (unpaired) electrons. The molecule has 2 aromatic carbocycles. The number of nitrogens with one attached hydrogen (secondary N) is 2. The standard InChI is InChI=1S/C25H25ClN4O/c1-2-5-23-27-22-12-13-30(15-20(22)25(31)29-23)14-19-18-6-3-4-7-21(18)28-24(19)16-8-10-17(26)11-9-16/h3-4,6-11,28H,2,5,12-15H2,1H3,(H,27,29,31). The van der Waals surface area contributed by atoms with Crippen LogP contribution in [0.3, 0.4) is 0 Å². The molecular weight excluding hydrogens is 408 g/mol. The van der Waals surface area contributed by atoms with Crippen molar-refractivity contribution in [2.75, 3.05) is 6.54 Å². The van der Waals surface area contributed by atoms with Crippen LogP contribution in [0.4, 0.5) is 0 Å². The number of halogens is 1. The first-order chi connectivity index (χ1) is 15.1. The molecule has 1 aliphatic heterocycles. The van der Waals surface area contributed by atoms with Crippen LogP contribution in [0, 0.1) is 0 Å². The van der Waals surface area contributed by atoms with Gasteiger partial charge in [0.1, 0.15) is 5.82 Å². The highest BCUT2D eigenvalue weighted by Gasteiger charge is 2.23. The van der Waals surface area contributed by atoms with E-state index in [0.29, 0.717) is 6.54 Å². The van der Waals surface area contributed by atoms with E-state index in [1.807, 2.05) is 30.3 Å². The van der Waals surface area contributed by atoms with Crippen LogP contribution in [0.15, 0.2) is 53.3 Å². The Balaban J connectivity index is 1.49. The van der Waals surface area contributed by atoms with E-state index < -0.39 is 0 Å². The van der Waals surface area contributed by atoms with Crippen LogP contribution in [-0.4, -0.2) is 26.4 Å². The van der Waals surface area contributed by atoms with Crippen LogP contribution in [0.1, 0.15) is 36.0 Å². The van der Waals surface area contributed by atoms with Gasteiger partial charge in [-0.1, -0.05) is 48.9 Å². The summed E-state index contributed by atoms with van der Waals surface area (Å²) in [4.78, 5) is 26.3. The molecular formula is C25H25ClN4O. The summed E-state index contributed by atoms with van der Waals surface area (Å²) in [5, 5.41) is 1.94. The summed E-state index contributed by atoms with van der Waals surface area (Å²) in [5.41, 5.74) is 6.34. The van der Waals surface area contributed by atoms with Crippen LogP contribution >= 0.6 is 11.6 Å². The Morgan fingerprint density at radius 1 is 1.10 bits per heavy atom. The molecule has 0 unspecified atom stereocenters. The molecule has 2 N–H and O–H groups in total. The van der Waals surface area contributed by atoms with Crippen molar-refractivity contribution in [3.63, 3.8) is 0 Å². The summed E-state index contributed by atoms with van der Waals surface area (Å²) in [6.45, 7) is 4.36. The maximum absolute atomic E-state index is 12.7. The molecule has 1 aliphatic rings. The lowest BCUT2D eigenvalue weighted by Gasteiger charge is -2.28. The first-order valence-electron chi connectivity index (χ1n) is 10.8. The fourth-order valence-electron chi connectivity index (χ4n) is 4.47. The van der Waals surface area contributed by atoms with Crippen LogP contribution in [-0.2, 0) is 25.9 Å². The van der Waals surface area contributed by atoms with Crippen molar-refractivity contribution in [1.29, 1.82) is 0 Å². The lowest BCUT2D eigenvalue weighted by Crippen LogP contribution is -2.35. The van der Waals surface area contributed by atoms with Crippen molar-refractivity contribution in [3.8, 4) is 11.3 Å². The monoisotopic (exact) mass is 432 g/mol. The summed E-state index contributed by atoms with van der Waals surface area (Å²) in [6, 6.07) is 16.3. The van der Waals surface area contributed by atoms with Gasteiger partial charge in [0.2, 0.25) is 0 Å². The molecule has 5 nitrogen and oxygen atoms in total. The zero-order valence-corrected chi connectivity index (χ0v) is 18.3. The van der Waals surface area contributed by atoms with Gasteiger partial charge in [-0.05, 0) is 35.7 Å². The average Bonchev–Trinajstić information content (AvgIpc) is 3.13. The van der Waals surface area contributed by atoms with Crippen molar-refractivity contribution < 1.29 is 0 Å². The van der Waals surface area contributed by atoms with Gasteiger partial charge in [-0.3, -0.25) is 9.69 Å². The van der Waals surface area contributed by atoms with E-state index in [1.165, 1.54) is 10.9 Å². The second kappa shape index (κ2) is 8.33. The number of aryl methyl sites for hydroxylation is 1. The molecule has 3 heterocycles. The van der Waals surface area contributed by atoms with Gasteiger partial charge in [-0.15, -0.1) is 0 Å². The van der Waals surface area contributed by atoms with Crippen molar-refractivity contribution in [2.45, 2.75) is 39.3 Å². The first kappa shape index (κ1) is 20.0. The van der Waals surface area contributed by atoms with Gasteiger partial charge in [0.15, 0.2) is 0 Å². The Bertz CT molecular complexity index is 1290. The number of H-pyrrole nitrogens is 2. The van der Waals surface area contributed by atoms with Crippen LogP contribution in [0.2, 0.25) is 5.02 Å². The molecule has 31 heavy (non-hydrogen) atoms. The predicted molar refractivity (Wildman–Crippen MR) is 125 cm³/mol. The molecule has 0 saturated heterocycles. The minimum absolute atomic E-state index is 0.00926. The van der Waals surface area contributed by atoms with Gasteiger partial charge < -0.3 is 9.97 Å². The molecule has 4 aromatic rings. The Labute approximate surface area is 186 Å².